The molecule has 3 rings (SSSR count). The summed E-state index contributed by atoms with van der Waals surface area (Å²) in [6.45, 7) is 5.82. The van der Waals surface area contributed by atoms with Crippen LogP contribution in [0.5, 0.6) is 5.75 Å². The molecule has 0 spiro atoms. The summed E-state index contributed by atoms with van der Waals surface area (Å²) < 4.78 is 18.5. The van der Waals surface area contributed by atoms with E-state index in [2.05, 4.69) is 10.3 Å². The maximum Gasteiger partial charge on any atom is 0.275 e. The highest BCUT2D eigenvalue weighted by Crippen LogP contribution is 2.26. The Morgan fingerprint density at radius 2 is 1.79 bits per heavy atom. The Labute approximate surface area is 163 Å². The zero-order valence-corrected chi connectivity index (χ0v) is 16.0. The van der Waals surface area contributed by atoms with Gasteiger partial charge >= 0.3 is 0 Å². The summed E-state index contributed by atoms with van der Waals surface area (Å²) in [5.74, 6) is -0.367. The number of nitrogens with one attached hydrogen (secondary N) is 1. The quantitative estimate of drug-likeness (QED) is 0.833. The average Bonchev–Trinajstić information content (AvgIpc) is 2.88. The SMILES string of the molecule is CCOc1ccc(NC(=O)CN2C(=O)C(c3ccc(F)cc3)=NC2(C)C)cc1. The first-order valence-corrected chi connectivity index (χ1v) is 9.00. The summed E-state index contributed by atoms with van der Waals surface area (Å²) in [5.41, 5.74) is 0.474. The lowest BCUT2D eigenvalue weighted by molar-refractivity contribution is -0.131. The van der Waals surface area contributed by atoms with Crippen LogP contribution in [0.2, 0.25) is 0 Å². The third-order valence-corrected chi connectivity index (χ3v) is 4.36. The standard InChI is InChI=1S/C21H22FN3O3/c1-4-28-17-11-9-16(10-12-17)23-18(26)13-25-20(27)19(24-21(25,2)3)14-5-7-15(22)8-6-14/h5-12H,4,13H2,1-3H3,(H,23,26). The van der Waals surface area contributed by atoms with Crippen molar-refractivity contribution in [3.05, 3.63) is 59.9 Å². The van der Waals surface area contributed by atoms with Gasteiger partial charge in [-0.1, -0.05) is 0 Å². The van der Waals surface area contributed by atoms with Gasteiger partial charge in [-0.15, -0.1) is 0 Å². The van der Waals surface area contributed by atoms with Gasteiger partial charge < -0.3 is 15.0 Å². The Bertz CT molecular complexity index is 905. The molecule has 1 heterocycles. The molecule has 28 heavy (non-hydrogen) atoms. The maximum absolute atomic E-state index is 13.2. The fourth-order valence-electron chi connectivity index (χ4n) is 2.96. The van der Waals surface area contributed by atoms with Crippen molar-refractivity contribution >= 4 is 23.2 Å². The summed E-state index contributed by atoms with van der Waals surface area (Å²) in [7, 11) is 0. The zero-order valence-electron chi connectivity index (χ0n) is 16.0. The number of rotatable bonds is 6. The van der Waals surface area contributed by atoms with Crippen LogP contribution >= 0.6 is 0 Å². The van der Waals surface area contributed by atoms with Crippen LogP contribution in [0.4, 0.5) is 10.1 Å². The van der Waals surface area contributed by atoms with Gasteiger partial charge in [0.15, 0.2) is 0 Å². The minimum Gasteiger partial charge on any atom is -0.494 e. The Balaban J connectivity index is 1.69. The third kappa shape index (κ3) is 4.19. The molecule has 0 unspecified atom stereocenters. The van der Waals surface area contributed by atoms with Crippen LogP contribution in [0.15, 0.2) is 53.5 Å². The van der Waals surface area contributed by atoms with Gasteiger partial charge in [0.1, 0.15) is 29.5 Å². The molecule has 1 aliphatic heterocycles. The predicted octanol–water partition coefficient (Wildman–Crippen LogP) is 3.23. The van der Waals surface area contributed by atoms with E-state index in [1.54, 1.807) is 38.1 Å². The second-order valence-electron chi connectivity index (χ2n) is 6.86. The van der Waals surface area contributed by atoms with Gasteiger partial charge in [-0.2, -0.15) is 0 Å². The number of halogens is 1. The molecule has 0 saturated carbocycles. The Hall–Kier alpha value is -3.22. The van der Waals surface area contributed by atoms with Crippen molar-refractivity contribution < 1.29 is 18.7 Å². The maximum atomic E-state index is 13.2. The molecule has 1 aliphatic rings. The number of aliphatic imine (C=N–C) groups is 1. The van der Waals surface area contributed by atoms with Gasteiger partial charge in [0, 0.05) is 11.3 Å². The first-order valence-electron chi connectivity index (χ1n) is 9.00. The Morgan fingerprint density at radius 3 is 2.39 bits per heavy atom. The van der Waals surface area contributed by atoms with Crippen LogP contribution in [0.25, 0.3) is 0 Å². The lowest BCUT2D eigenvalue weighted by atomic mass is 10.1. The van der Waals surface area contributed by atoms with Gasteiger partial charge in [0.05, 0.1) is 6.61 Å². The molecule has 2 aromatic carbocycles. The molecular weight excluding hydrogens is 361 g/mol. The molecule has 0 atom stereocenters. The van der Waals surface area contributed by atoms with Crippen molar-refractivity contribution in [1.82, 2.24) is 4.90 Å². The molecule has 6 nitrogen and oxygen atoms in total. The van der Waals surface area contributed by atoms with Crippen LogP contribution in [-0.4, -0.2) is 41.2 Å². The highest BCUT2D eigenvalue weighted by atomic mass is 19.1. The average molecular weight is 383 g/mol. The monoisotopic (exact) mass is 383 g/mol. The largest absolute Gasteiger partial charge is 0.494 e. The number of hydrogen-bond donors (Lipinski definition) is 1. The van der Waals surface area contributed by atoms with E-state index in [9.17, 15) is 14.0 Å². The van der Waals surface area contributed by atoms with Gasteiger partial charge in [0.2, 0.25) is 5.91 Å². The first kappa shape index (κ1) is 19.5. The minimum atomic E-state index is -0.878. The number of benzene rings is 2. The highest BCUT2D eigenvalue weighted by Gasteiger charge is 2.41. The fraction of sp³-hybridized carbons (Fsp3) is 0.286. The van der Waals surface area contributed by atoms with Crippen molar-refractivity contribution in [3.63, 3.8) is 0 Å². The summed E-state index contributed by atoms with van der Waals surface area (Å²) in [6, 6.07) is 12.6. The van der Waals surface area contributed by atoms with Gasteiger partial charge in [-0.25, -0.2) is 4.39 Å². The molecule has 146 valence electrons. The van der Waals surface area contributed by atoms with E-state index in [0.29, 0.717) is 23.6 Å². The summed E-state index contributed by atoms with van der Waals surface area (Å²) in [5, 5.41) is 2.77. The van der Waals surface area contributed by atoms with Gasteiger partial charge in [0.25, 0.3) is 5.91 Å². The highest BCUT2D eigenvalue weighted by molar-refractivity contribution is 6.47. The predicted molar refractivity (Wildman–Crippen MR) is 105 cm³/mol. The number of nitrogens with zero attached hydrogens (tertiary/aromatic N) is 2. The van der Waals surface area contributed by atoms with Crippen molar-refractivity contribution in [2.75, 3.05) is 18.5 Å². The van der Waals surface area contributed by atoms with E-state index in [0.717, 1.165) is 0 Å². The minimum absolute atomic E-state index is 0.146. The molecule has 0 aliphatic carbocycles. The number of carbonyl (C=O) groups is 2. The van der Waals surface area contributed by atoms with E-state index in [1.165, 1.54) is 29.2 Å². The number of amides is 2. The van der Waals surface area contributed by atoms with Crippen molar-refractivity contribution in [1.29, 1.82) is 0 Å². The topological polar surface area (TPSA) is 71.0 Å². The van der Waals surface area contributed by atoms with E-state index in [1.807, 2.05) is 6.92 Å². The molecular formula is C21H22FN3O3. The molecule has 0 radical (unpaired) electrons. The Kier molecular flexibility index (Phi) is 5.44. The van der Waals surface area contributed by atoms with E-state index in [4.69, 9.17) is 4.74 Å². The zero-order chi connectivity index (χ0) is 20.3. The Morgan fingerprint density at radius 1 is 1.14 bits per heavy atom. The lowest BCUT2D eigenvalue weighted by Crippen LogP contribution is -2.46. The normalized spacial score (nSPS) is 15.4. The number of ether oxygens (including phenoxy) is 1. The van der Waals surface area contributed by atoms with Crippen LogP contribution < -0.4 is 10.1 Å². The molecule has 0 bridgehead atoms. The first-order chi connectivity index (χ1) is 13.3. The molecule has 0 aromatic heterocycles. The van der Waals surface area contributed by atoms with Gasteiger partial charge in [-0.3, -0.25) is 14.6 Å². The van der Waals surface area contributed by atoms with Gasteiger partial charge in [-0.05, 0) is 69.3 Å². The number of anilines is 1. The van der Waals surface area contributed by atoms with Crippen molar-refractivity contribution in [3.8, 4) is 5.75 Å². The smallest absolute Gasteiger partial charge is 0.275 e. The van der Waals surface area contributed by atoms with E-state index in [-0.39, 0.29) is 29.9 Å². The van der Waals surface area contributed by atoms with Crippen molar-refractivity contribution in [2.24, 2.45) is 4.99 Å². The molecule has 2 aromatic rings. The van der Waals surface area contributed by atoms with Crippen LogP contribution in [0.3, 0.4) is 0 Å². The van der Waals surface area contributed by atoms with Crippen LogP contribution in [0.1, 0.15) is 26.3 Å². The summed E-state index contributed by atoms with van der Waals surface area (Å²) in [4.78, 5) is 31.1. The molecule has 0 fully saturated rings. The number of carbonyl (C=O) groups excluding carboxylic acids is 2. The molecule has 1 N–H and O–H groups in total. The summed E-state index contributed by atoms with van der Waals surface area (Å²) in [6.07, 6.45) is 0. The molecule has 2 amide bonds. The second-order valence-corrected chi connectivity index (χ2v) is 6.86. The van der Waals surface area contributed by atoms with Crippen LogP contribution in [-0.2, 0) is 9.59 Å². The fourth-order valence-corrected chi connectivity index (χ4v) is 2.96. The van der Waals surface area contributed by atoms with E-state index >= 15 is 0 Å². The third-order valence-electron chi connectivity index (χ3n) is 4.36. The van der Waals surface area contributed by atoms with Crippen LogP contribution in [0, 0.1) is 5.82 Å². The summed E-state index contributed by atoms with van der Waals surface area (Å²) >= 11 is 0. The number of hydrogen-bond acceptors (Lipinski definition) is 4. The van der Waals surface area contributed by atoms with Crippen molar-refractivity contribution in [2.45, 2.75) is 26.4 Å². The second kappa shape index (κ2) is 7.80. The lowest BCUT2D eigenvalue weighted by Gasteiger charge is -2.28. The molecule has 7 heteroatoms. The molecule has 0 saturated heterocycles. The van der Waals surface area contributed by atoms with E-state index < -0.39 is 5.66 Å².